The highest BCUT2D eigenvalue weighted by atomic mass is 16.5. The number of amides is 1. The SMILES string of the molecule is CC[C@H](C)[C@H](N)C(=O)NC[C@@H]1CCCO1. The molecule has 0 bridgehead atoms. The van der Waals surface area contributed by atoms with Crippen molar-refractivity contribution in [2.75, 3.05) is 13.2 Å². The first-order chi connectivity index (χ1) is 7.15. The average molecular weight is 214 g/mol. The van der Waals surface area contributed by atoms with E-state index in [4.69, 9.17) is 10.5 Å². The van der Waals surface area contributed by atoms with E-state index in [1.807, 2.05) is 13.8 Å². The van der Waals surface area contributed by atoms with Crippen molar-refractivity contribution in [3.05, 3.63) is 0 Å². The highest BCUT2D eigenvalue weighted by Crippen LogP contribution is 2.11. The Labute approximate surface area is 91.5 Å². The van der Waals surface area contributed by atoms with Gasteiger partial charge in [0.2, 0.25) is 5.91 Å². The van der Waals surface area contributed by atoms with E-state index in [2.05, 4.69) is 5.32 Å². The molecule has 1 aliphatic rings. The molecule has 3 atom stereocenters. The molecule has 0 aromatic carbocycles. The van der Waals surface area contributed by atoms with Gasteiger partial charge in [0, 0.05) is 13.2 Å². The fourth-order valence-electron chi connectivity index (χ4n) is 1.65. The summed E-state index contributed by atoms with van der Waals surface area (Å²) in [6, 6.07) is -0.392. The third-order valence-electron chi connectivity index (χ3n) is 3.09. The predicted molar refractivity (Wildman–Crippen MR) is 59.4 cm³/mol. The zero-order valence-corrected chi connectivity index (χ0v) is 9.66. The first-order valence-corrected chi connectivity index (χ1v) is 5.80. The van der Waals surface area contributed by atoms with Crippen molar-refractivity contribution >= 4 is 5.91 Å². The lowest BCUT2D eigenvalue weighted by Gasteiger charge is -2.19. The van der Waals surface area contributed by atoms with Gasteiger partial charge in [-0.25, -0.2) is 0 Å². The molecule has 1 fully saturated rings. The normalized spacial score (nSPS) is 24.9. The number of ether oxygens (including phenoxy) is 1. The summed E-state index contributed by atoms with van der Waals surface area (Å²) < 4.78 is 5.41. The number of hydrogen-bond donors (Lipinski definition) is 2. The van der Waals surface area contributed by atoms with Crippen molar-refractivity contribution in [2.45, 2.75) is 45.3 Å². The van der Waals surface area contributed by atoms with Crippen LogP contribution in [0.25, 0.3) is 0 Å². The minimum atomic E-state index is -0.392. The second-order valence-corrected chi connectivity index (χ2v) is 4.29. The molecule has 0 aromatic rings. The molecule has 88 valence electrons. The third-order valence-corrected chi connectivity index (χ3v) is 3.09. The maximum absolute atomic E-state index is 11.6. The smallest absolute Gasteiger partial charge is 0.237 e. The summed E-state index contributed by atoms with van der Waals surface area (Å²) >= 11 is 0. The molecule has 1 rings (SSSR count). The Hall–Kier alpha value is -0.610. The Morgan fingerprint density at radius 2 is 2.40 bits per heavy atom. The summed E-state index contributed by atoms with van der Waals surface area (Å²) in [5, 5.41) is 2.85. The Morgan fingerprint density at radius 1 is 1.67 bits per heavy atom. The second kappa shape index (κ2) is 6.08. The van der Waals surface area contributed by atoms with Gasteiger partial charge in [0.15, 0.2) is 0 Å². The lowest BCUT2D eigenvalue weighted by Crippen LogP contribution is -2.46. The number of nitrogens with one attached hydrogen (secondary N) is 1. The summed E-state index contributed by atoms with van der Waals surface area (Å²) in [4.78, 5) is 11.6. The van der Waals surface area contributed by atoms with Crippen LogP contribution in [0.15, 0.2) is 0 Å². The van der Waals surface area contributed by atoms with Gasteiger partial charge in [-0.2, -0.15) is 0 Å². The molecule has 0 aliphatic carbocycles. The van der Waals surface area contributed by atoms with Gasteiger partial charge in [0.1, 0.15) is 0 Å². The molecular weight excluding hydrogens is 192 g/mol. The highest BCUT2D eigenvalue weighted by molar-refractivity contribution is 5.81. The molecule has 0 saturated carbocycles. The van der Waals surface area contributed by atoms with Crippen LogP contribution in [0.2, 0.25) is 0 Å². The van der Waals surface area contributed by atoms with Gasteiger partial charge >= 0.3 is 0 Å². The fraction of sp³-hybridized carbons (Fsp3) is 0.909. The minimum Gasteiger partial charge on any atom is -0.376 e. The van der Waals surface area contributed by atoms with Crippen LogP contribution in [0, 0.1) is 5.92 Å². The molecule has 0 unspecified atom stereocenters. The summed E-state index contributed by atoms with van der Waals surface area (Å²) in [6.07, 6.45) is 3.25. The number of carbonyl (C=O) groups excluding carboxylic acids is 1. The average Bonchev–Trinajstić information content (AvgIpc) is 2.76. The Morgan fingerprint density at radius 3 is 2.93 bits per heavy atom. The van der Waals surface area contributed by atoms with Gasteiger partial charge in [-0.15, -0.1) is 0 Å². The summed E-state index contributed by atoms with van der Waals surface area (Å²) in [7, 11) is 0. The van der Waals surface area contributed by atoms with Crippen LogP contribution in [0.1, 0.15) is 33.1 Å². The van der Waals surface area contributed by atoms with Crippen LogP contribution in [-0.2, 0) is 9.53 Å². The van der Waals surface area contributed by atoms with Gasteiger partial charge in [0.05, 0.1) is 12.1 Å². The van der Waals surface area contributed by atoms with Gasteiger partial charge in [0.25, 0.3) is 0 Å². The predicted octanol–water partition coefficient (Wildman–Crippen LogP) is 0.655. The summed E-state index contributed by atoms with van der Waals surface area (Å²) in [6.45, 7) is 5.45. The van der Waals surface area contributed by atoms with Crippen molar-refractivity contribution in [2.24, 2.45) is 11.7 Å². The first kappa shape index (κ1) is 12.5. The van der Waals surface area contributed by atoms with Gasteiger partial charge < -0.3 is 15.8 Å². The largest absolute Gasteiger partial charge is 0.376 e. The molecule has 0 radical (unpaired) electrons. The molecular formula is C11H22N2O2. The monoisotopic (exact) mass is 214 g/mol. The van der Waals surface area contributed by atoms with E-state index < -0.39 is 6.04 Å². The summed E-state index contributed by atoms with van der Waals surface area (Å²) in [5.41, 5.74) is 5.80. The van der Waals surface area contributed by atoms with Crippen LogP contribution in [0.4, 0.5) is 0 Å². The maximum atomic E-state index is 11.6. The van der Waals surface area contributed by atoms with E-state index in [1.165, 1.54) is 0 Å². The molecule has 4 nitrogen and oxygen atoms in total. The zero-order chi connectivity index (χ0) is 11.3. The van der Waals surface area contributed by atoms with Crippen molar-refractivity contribution in [3.8, 4) is 0 Å². The number of carbonyl (C=O) groups is 1. The van der Waals surface area contributed by atoms with Crippen LogP contribution in [0.3, 0.4) is 0 Å². The molecule has 1 saturated heterocycles. The van der Waals surface area contributed by atoms with Gasteiger partial charge in [-0.1, -0.05) is 20.3 Å². The van der Waals surface area contributed by atoms with E-state index in [9.17, 15) is 4.79 Å². The molecule has 0 spiro atoms. The molecule has 0 aromatic heterocycles. The van der Waals surface area contributed by atoms with E-state index in [-0.39, 0.29) is 17.9 Å². The topological polar surface area (TPSA) is 64.4 Å². The zero-order valence-electron chi connectivity index (χ0n) is 9.66. The summed E-state index contributed by atoms with van der Waals surface area (Å²) in [5.74, 6) is 0.175. The van der Waals surface area contributed by atoms with Crippen LogP contribution >= 0.6 is 0 Å². The van der Waals surface area contributed by atoms with Gasteiger partial charge in [-0.05, 0) is 18.8 Å². The van der Waals surface area contributed by atoms with Crippen LogP contribution < -0.4 is 11.1 Å². The quantitative estimate of drug-likeness (QED) is 0.706. The molecule has 1 amide bonds. The fourth-order valence-corrected chi connectivity index (χ4v) is 1.65. The van der Waals surface area contributed by atoms with Crippen molar-refractivity contribution in [1.82, 2.24) is 5.32 Å². The van der Waals surface area contributed by atoms with E-state index >= 15 is 0 Å². The molecule has 1 heterocycles. The van der Waals surface area contributed by atoms with Crippen molar-refractivity contribution in [3.63, 3.8) is 0 Å². The third kappa shape index (κ3) is 3.80. The minimum absolute atomic E-state index is 0.0557. The Bertz CT molecular complexity index is 203. The van der Waals surface area contributed by atoms with E-state index in [1.54, 1.807) is 0 Å². The van der Waals surface area contributed by atoms with Crippen LogP contribution in [-0.4, -0.2) is 31.2 Å². The molecule has 1 aliphatic heterocycles. The van der Waals surface area contributed by atoms with E-state index in [0.717, 1.165) is 25.9 Å². The van der Waals surface area contributed by atoms with Crippen molar-refractivity contribution in [1.29, 1.82) is 0 Å². The molecule has 4 heteroatoms. The Kier molecular flexibility index (Phi) is 5.05. The highest BCUT2D eigenvalue weighted by Gasteiger charge is 2.21. The Balaban J connectivity index is 2.22. The van der Waals surface area contributed by atoms with Crippen molar-refractivity contribution < 1.29 is 9.53 Å². The second-order valence-electron chi connectivity index (χ2n) is 4.29. The maximum Gasteiger partial charge on any atom is 0.237 e. The molecule has 3 N–H and O–H groups in total. The lowest BCUT2D eigenvalue weighted by atomic mass is 9.99. The number of rotatable bonds is 5. The lowest BCUT2D eigenvalue weighted by molar-refractivity contribution is -0.123. The van der Waals surface area contributed by atoms with Crippen LogP contribution in [0.5, 0.6) is 0 Å². The standard InChI is InChI=1S/C11H22N2O2/c1-3-8(2)10(12)11(14)13-7-9-5-4-6-15-9/h8-10H,3-7,12H2,1-2H3,(H,13,14)/t8-,9-,10-/m0/s1. The molecule has 15 heavy (non-hydrogen) atoms. The van der Waals surface area contributed by atoms with Gasteiger partial charge in [-0.3, -0.25) is 4.79 Å². The number of nitrogens with two attached hydrogens (primary N) is 1. The first-order valence-electron chi connectivity index (χ1n) is 5.80. The number of hydrogen-bond acceptors (Lipinski definition) is 3. The van der Waals surface area contributed by atoms with E-state index in [0.29, 0.717) is 6.54 Å².